The number of aryl methyl sites for hydroxylation is 2. The molecule has 2 aromatic rings. The number of hydrogen-bond acceptors (Lipinski definition) is 4. The fourth-order valence-electron chi connectivity index (χ4n) is 1.03. The van der Waals surface area contributed by atoms with Gasteiger partial charge in [0.25, 0.3) is 5.89 Å². The maximum atomic E-state index is 5.33. The summed E-state index contributed by atoms with van der Waals surface area (Å²) in [6.45, 7) is 3.89. The Labute approximate surface area is 75.2 Å². The normalized spacial score (nSPS) is 10.6. The third-order valence-corrected chi connectivity index (χ3v) is 1.69. The van der Waals surface area contributed by atoms with E-state index in [0.29, 0.717) is 17.5 Å². The molecule has 1 N–H and O–H groups in total. The van der Waals surface area contributed by atoms with Crippen LogP contribution in [0.1, 0.15) is 18.5 Å². The van der Waals surface area contributed by atoms with Crippen molar-refractivity contribution in [3.63, 3.8) is 0 Å². The molecule has 0 spiro atoms. The standard InChI is InChI=1S/C8H10N4O/c1-3-7-11-12-8(13-7)6-4-5(2)9-10-6/h4H,3H2,1-2H3,(H,9,10). The van der Waals surface area contributed by atoms with E-state index in [4.69, 9.17) is 4.42 Å². The van der Waals surface area contributed by atoms with Crippen molar-refractivity contribution < 1.29 is 4.42 Å². The number of aromatic nitrogens is 4. The lowest BCUT2D eigenvalue weighted by Crippen LogP contribution is -1.77. The fraction of sp³-hybridized carbons (Fsp3) is 0.375. The number of hydrogen-bond donors (Lipinski definition) is 1. The first-order valence-corrected chi connectivity index (χ1v) is 4.14. The predicted octanol–water partition coefficient (Wildman–Crippen LogP) is 1.33. The van der Waals surface area contributed by atoms with Crippen LogP contribution in [0.5, 0.6) is 0 Å². The molecular weight excluding hydrogens is 168 g/mol. The summed E-state index contributed by atoms with van der Waals surface area (Å²) in [5, 5.41) is 14.6. The van der Waals surface area contributed by atoms with Gasteiger partial charge in [-0.3, -0.25) is 5.10 Å². The van der Waals surface area contributed by atoms with Crippen molar-refractivity contribution in [1.29, 1.82) is 0 Å². The third-order valence-electron chi connectivity index (χ3n) is 1.69. The van der Waals surface area contributed by atoms with Crippen molar-refractivity contribution in [3.05, 3.63) is 17.7 Å². The van der Waals surface area contributed by atoms with Crippen molar-refractivity contribution in [2.24, 2.45) is 0 Å². The Morgan fingerprint density at radius 3 is 2.85 bits per heavy atom. The molecule has 0 bridgehead atoms. The van der Waals surface area contributed by atoms with Gasteiger partial charge in [0.15, 0.2) is 0 Å². The molecule has 0 unspecified atom stereocenters. The Bertz CT molecular complexity index is 404. The van der Waals surface area contributed by atoms with Gasteiger partial charge in [0.2, 0.25) is 5.89 Å². The zero-order valence-electron chi connectivity index (χ0n) is 7.53. The minimum atomic E-state index is 0.473. The number of aromatic amines is 1. The zero-order chi connectivity index (χ0) is 9.26. The van der Waals surface area contributed by atoms with Gasteiger partial charge in [-0.25, -0.2) is 0 Å². The maximum absolute atomic E-state index is 5.33. The van der Waals surface area contributed by atoms with Gasteiger partial charge in [0.05, 0.1) is 0 Å². The molecule has 5 nitrogen and oxygen atoms in total. The number of H-pyrrole nitrogens is 1. The van der Waals surface area contributed by atoms with E-state index in [2.05, 4.69) is 20.4 Å². The summed E-state index contributed by atoms with van der Waals surface area (Å²) in [6, 6.07) is 1.87. The smallest absolute Gasteiger partial charge is 0.268 e. The minimum Gasteiger partial charge on any atom is -0.419 e. The Balaban J connectivity index is 2.35. The molecule has 0 saturated heterocycles. The second kappa shape index (κ2) is 3.01. The fourth-order valence-corrected chi connectivity index (χ4v) is 1.03. The summed E-state index contributed by atoms with van der Waals surface area (Å²) in [4.78, 5) is 0. The number of rotatable bonds is 2. The van der Waals surface area contributed by atoms with Gasteiger partial charge < -0.3 is 4.42 Å². The van der Waals surface area contributed by atoms with Crippen molar-refractivity contribution >= 4 is 0 Å². The van der Waals surface area contributed by atoms with E-state index in [-0.39, 0.29) is 0 Å². The number of nitrogens with zero attached hydrogens (tertiary/aromatic N) is 3. The molecule has 0 saturated carbocycles. The van der Waals surface area contributed by atoms with Crippen LogP contribution >= 0.6 is 0 Å². The average molecular weight is 178 g/mol. The lowest BCUT2D eigenvalue weighted by molar-refractivity contribution is 0.511. The van der Waals surface area contributed by atoms with Crippen LogP contribution in [0.2, 0.25) is 0 Å². The van der Waals surface area contributed by atoms with Crippen LogP contribution < -0.4 is 0 Å². The molecule has 2 rings (SSSR count). The molecule has 0 aliphatic rings. The van der Waals surface area contributed by atoms with Crippen LogP contribution in [0, 0.1) is 6.92 Å². The van der Waals surface area contributed by atoms with Crippen molar-refractivity contribution in [2.75, 3.05) is 0 Å². The van der Waals surface area contributed by atoms with E-state index >= 15 is 0 Å². The highest BCUT2D eigenvalue weighted by Gasteiger charge is 2.09. The molecular formula is C8H10N4O. The van der Waals surface area contributed by atoms with Crippen molar-refractivity contribution in [3.8, 4) is 11.6 Å². The Hall–Kier alpha value is -1.65. The summed E-state index contributed by atoms with van der Waals surface area (Å²) in [5.74, 6) is 1.11. The van der Waals surface area contributed by atoms with Crippen molar-refractivity contribution in [1.82, 2.24) is 20.4 Å². The summed E-state index contributed by atoms with van der Waals surface area (Å²) in [6.07, 6.45) is 0.746. The predicted molar refractivity (Wildman–Crippen MR) is 46.0 cm³/mol. The molecule has 0 aliphatic carbocycles. The Morgan fingerprint density at radius 1 is 1.46 bits per heavy atom. The van der Waals surface area contributed by atoms with Crippen LogP contribution in [0.15, 0.2) is 10.5 Å². The summed E-state index contributed by atoms with van der Waals surface area (Å²) >= 11 is 0. The van der Waals surface area contributed by atoms with Crippen LogP contribution in [-0.4, -0.2) is 20.4 Å². The Morgan fingerprint density at radius 2 is 2.31 bits per heavy atom. The SMILES string of the molecule is CCc1nnc(-c2cc(C)[nH]n2)o1. The topological polar surface area (TPSA) is 67.6 Å². The highest BCUT2D eigenvalue weighted by Crippen LogP contribution is 2.15. The highest BCUT2D eigenvalue weighted by molar-refractivity contribution is 5.45. The monoisotopic (exact) mass is 178 g/mol. The molecule has 68 valence electrons. The molecule has 0 atom stereocenters. The second-order valence-electron chi connectivity index (χ2n) is 2.79. The van der Waals surface area contributed by atoms with Crippen LogP contribution in [-0.2, 0) is 6.42 Å². The van der Waals surface area contributed by atoms with Crippen LogP contribution in [0.3, 0.4) is 0 Å². The molecule has 2 heterocycles. The first kappa shape index (κ1) is 7.97. The van der Waals surface area contributed by atoms with E-state index in [1.54, 1.807) is 0 Å². The largest absolute Gasteiger partial charge is 0.419 e. The second-order valence-corrected chi connectivity index (χ2v) is 2.79. The number of nitrogens with one attached hydrogen (secondary N) is 1. The first-order valence-electron chi connectivity index (χ1n) is 4.14. The molecule has 0 radical (unpaired) electrons. The minimum absolute atomic E-state index is 0.473. The van der Waals surface area contributed by atoms with Gasteiger partial charge in [-0.05, 0) is 13.0 Å². The average Bonchev–Trinajstić information content (AvgIpc) is 2.71. The van der Waals surface area contributed by atoms with E-state index in [0.717, 1.165) is 12.1 Å². The molecule has 0 aliphatic heterocycles. The molecule has 5 heteroatoms. The van der Waals surface area contributed by atoms with E-state index in [1.165, 1.54) is 0 Å². The molecule has 0 fully saturated rings. The molecule has 0 aromatic carbocycles. The molecule has 13 heavy (non-hydrogen) atoms. The summed E-state index contributed by atoms with van der Waals surface area (Å²) in [7, 11) is 0. The zero-order valence-corrected chi connectivity index (χ0v) is 7.53. The maximum Gasteiger partial charge on any atom is 0.268 e. The summed E-state index contributed by atoms with van der Waals surface area (Å²) < 4.78 is 5.33. The van der Waals surface area contributed by atoms with E-state index in [1.807, 2.05) is 19.9 Å². The molecule has 0 amide bonds. The van der Waals surface area contributed by atoms with Gasteiger partial charge in [0.1, 0.15) is 5.69 Å². The lowest BCUT2D eigenvalue weighted by Gasteiger charge is -1.83. The van der Waals surface area contributed by atoms with Gasteiger partial charge in [0, 0.05) is 12.1 Å². The van der Waals surface area contributed by atoms with E-state index < -0.39 is 0 Å². The van der Waals surface area contributed by atoms with Gasteiger partial charge in [-0.1, -0.05) is 6.92 Å². The molecule has 2 aromatic heterocycles. The Kier molecular flexibility index (Phi) is 1.84. The highest BCUT2D eigenvalue weighted by atomic mass is 16.4. The third kappa shape index (κ3) is 1.44. The van der Waals surface area contributed by atoms with Gasteiger partial charge in [-0.2, -0.15) is 5.10 Å². The quantitative estimate of drug-likeness (QED) is 0.753. The lowest BCUT2D eigenvalue weighted by atomic mass is 10.4. The first-order chi connectivity index (χ1) is 6.29. The van der Waals surface area contributed by atoms with Gasteiger partial charge >= 0.3 is 0 Å². The van der Waals surface area contributed by atoms with Gasteiger partial charge in [-0.15, -0.1) is 10.2 Å². The van der Waals surface area contributed by atoms with Crippen LogP contribution in [0.25, 0.3) is 11.6 Å². The summed E-state index contributed by atoms with van der Waals surface area (Å²) in [5.41, 5.74) is 1.68. The van der Waals surface area contributed by atoms with Crippen molar-refractivity contribution in [2.45, 2.75) is 20.3 Å². The van der Waals surface area contributed by atoms with E-state index in [9.17, 15) is 0 Å². The van der Waals surface area contributed by atoms with Crippen LogP contribution in [0.4, 0.5) is 0 Å².